The van der Waals surface area contributed by atoms with E-state index in [1.807, 2.05) is 6.07 Å². The lowest BCUT2D eigenvalue weighted by Gasteiger charge is -2.20. The van der Waals surface area contributed by atoms with Crippen LogP contribution >= 0.6 is 0 Å². The van der Waals surface area contributed by atoms with E-state index < -0.39 is 0 Å². The topological polar surface area (TPSA) is 68.5 Å². The molecule has 1 aromatic heterocycles. The molecule has 92 valence electrons. The minimum atomic E-state index is -0.367. The van der Waals surface area contributed by atoms with Crippen molar-refractivity contribution in [2.24, 2.45) is 5.73 Å². The normalized spacial score (nSPS) is 23.6. The van der Waals surface area contributed by atoms with Gasteiger partial charge in [-0.3, -0.25) is 9.78 Å². The van der Waals surface area contributed by atoms with E-state index in [0.29, 0.717) is 6.54 Å². The second-order valence-electron chi connectivity index (χ2n) is 4.17. The van der Waals surface area contributed by atoms with E-state index in [9.17, 15) is 4.79 Å². The Balaban J connectivity index is 2.01. The summed E-state index contributed by atoms with van der Waals surface area (Å²) >= 11 is 0. The first-order valence-electron chi connectivity index (χ1n) is 5.75. The van der Waals surface area contributed by atoms with E-state index in [1.165, 1.54) is 0 Å². The van der Waals surface area contributed by atoms with Crippen LogP contribution in [-0.4, -0.2) is 36.7 Å². The molecule has 5 nitrogen and oxygen atoms in total. The predicted molar refractivity (Wildman–Crippen MR) is 64.6 cm³/mol. The quantitative estimate of drug-likeness (QED) is 0.830. The van der Waals surface area contributed by atoms with Crippen molar-refractivity contribution in [3.63, 3.8) is 0 Å². The minimum Gasteiger partial charge on any atom is -0.364 e. The number of likely N-dealkylation sites (N-methyl/N-ethyl adjacent to an activating group) is 1. The Morgan fingerprint density at radius 1 is 1.65 bits per heavy atom. The van der Waals surface area contributed by atoms with Gasteiger partial charge < -0.3 is 15.4 Å². The van der Waals surface area contributed by atoms with Crippen LogP contribution in [0, 0.1) is 0 Å². The molecule has 1 aliphatic heterocycles. The molecule has 0 bridgehead atoms. The van der Waals surface area contributed by atoms with Crippen LogP contribution in [0.25, 0.3) is 0 Å². The van der Waals surface area contributed by atoms with Crippen LogP contribution in [0.15, 0.2) is 24.5 Å². The molecule has 0 radical (unpaired) electrons. The van der Waals surface area contributed by atoms with Crippen LogP contribution in [0.1, 0.15) is 12.8 Å². The summed E-state index contributed by atoms with van der Waals surface area (Å²) < 4.78 is 5.58. The fourth-order valence-electron chi connectivity index (χ4n) is 1.96. The molecule has 5 heteroatoms. The molecular formula is C12H17N3O2. The highest BCUT2D eigenvalue weighted by atomic mass is 16.5. The number of rotatable bonds is 3. The largest absolute Gasteiger partial charge is 0.364 e. The van der Waals surface area contributed by atoms with Crippen molar-refractivity contribution in [2.45, 2.75) is 25.0 Å². The van der Waals surface area contributed by atoms with Crippen LogP contribution in [-0.2, 0) is 9.53 Å². The third-order valence-electron chi connectivity index (χ3n) is 3.01. The molecule has 1 saturated heterocycles. The summed E-state index contributed by atoms with van der Waals surface area (Å²) in [7, 11) is 1.73. The van der Waals surface area contributed by atoms with E-state index in [-0.39, 0.29) is 18.1 Å². The Morgan fingerprint density at radius 3 is 3.06 bits per heavy atom. The third kappa shape index (κ3) is 2.62. The minimum absolute atomic E-state index is 0.0197. The molecule has 0 unspecified atom stereocenters. The van der Waals surface area contributed by atoms with Gasteiger partial charge >= 0.3 is 0 Å². The fourth-order valence-corrected chi connectivity index (χ4v) is 1.96. The molecule has 1 aliphatic rings. The van der Waals surface area contributed by atoms with Gasteiger partial charge in [-0.15, -0.1) is 0 Å². The van der Waals surface area contributed by atoms with E-state index in [2.05, 4.69) is 4.98 Å². The number of nitrogens with zero attached hydrogens (tertiary/aromatic N) is 2. The maximum atomic E-state index is 12.1. The molecule has 0 saturated carbocycles. The van der Waals surface area contributed by atoms with Crippen molar-refractivity contribution in [1.82, 2.24) is 4.98 Å². The number of hydrogen-bond donors (Lipinski definition) is 1. The first-order chi connectivity index (χ1) is 8.22. The summed E-state index contributed by atoms with van der Waals surface area (Å²) in [6, 6.07) is 3.65. The van der Waals surface area contributed by atoms with Crippen molar-refractivity contribution in [3.8, 4) is 0 Å². The first kappa shape index (κ1) is 12.0. The smallest absolute Gasteiger partial charge is 0.255 e. The van der Waals surface area contributed by atoms with Crippen molar-refractivity contribution >= 4 is 11.6 Å². The summed E-state index contributed by atoms with van der Waals surface area (Å²) in [4.78, 5) is 17.7. The number of nitrogens with two attached hydrogens (primary N) is 1. The second kappa shape index (κ2) is 5.25. The van der Waals surface area contributed by atoms with Gasteiger partial charge in [-0.1, -0.05) is 0 Å². The number of carbonyl (C=O) groups is 1. The van der Waals surface area contributed by atoms with Crippen LogP contribution < -0.4 is 10.6 Å². The number of ether oxygens (including phenoxy) is 1. The van der Waals surface area contributed by atoms with Gasteiger partial charge in [-0.25, -0.2) is 0 Å². The van der Waals surface area contributed by atoms with Crippen LogP contribution in [0.2, 0.25) is 0 Å². The summed E-state index contributed by atoms with van der Waals surface area (Å²) in [5.41, 5.74) is 6.30. The Hall–Kier alpha value is -1.46. The molecule has 1 amide bonds. The lowest BCUT2D eigenvalue weighted by Crippen LogP contribution is -2.37. The molecule has 1 fully saturated rings. The first-order valence-corrected chi connectivity index (χ1v) is 5.75. The Kier molecular flexibility index (Phi) is 3.71. The molecule has 0 aliphatic carbocycles. The molecule has 2 heterocycles. The zero-order valence-electron chi connectivity index (χ0n) is 9.87. The van der Waals surface area contributed by atoms with Gasteiger partial charge in [0.05, 0.1) is 18.0 Å². The molecule has 1 aromatic rings. The Morgan fingerprint density at radius 2 is 2.47 bits per heavy atom. The van der Waals surface area contributed by atoms with Crippen molar-refractivity contribution < 1.29 is 9.53 Å². The van der Waals surface area contributed by atoms with Gasteiger partial charge in [0.1, 0.15) is 6.10 Å². The van der Waals surface area contributed by atoms with Gasteiger partial charge in [-0.2, -0.15) is 0 Å². The van der Waals surface area contributed by atoms with E-state index in [0.717, 1.165) is 18.5 Å². The van der Waals surface area contributed by atoms with E-state index in [1.54, 1.807) is 30.4 Å². The van der Waals surface area contributed by atoms with Crippen molar-refractivity contribution in [1.29, 1.82) is 0 Å². The highest BCUT2D eigenvalue weighted by molar-refractivity contribution is 5.96. The molecule has 0 spiro atoms. The van der Waals surface area contributed by atoms with Gasteiger partial charge in [0, 0.05) is 19.8 Å². The standard InChI is InChI=1S/C12H17N3O2/c1-15(9-3-2-6-14-8-9)12(16)11-5-4-10(7-13)17-11/h2-3,6,8,10-11H,4-5,7,13H2,1H3/t10-,11+/m1/s1. The van der Waals surface area contributed by atoms with E-state index >= 15 is 0 Å². The SMILES string of the molecule is CN(C(=O)[C@@H]1CC[C@H](CN)O1)c1cccnc1. The second-order valence-corrected chi connectivity index (χ2v) is 4.17. The number of aromatic nitrogens is 1. The molecule has 2 N–H and O–H groups in total. The van der Waals surface area contributed by atoms with Crippen molar-refractivity contribution in [2.75, 3.05) is 18.5 Å². The average Bonchev–Trinajstić information content (AvgIpc) is 2.87. The van der Waals surface area contributed by atoms with E-state index in [4.69, 9.17) is 10.5 Å². The number of pyridine rings is 1. The van der Waals surface area contributed by atoms with Gasteiger partial charge in [-0.05, 0) is 25.0 Å². The highest BCUT2D eigenvalue weighted by Crippen LogP contribution is 2.22. The predicted octanol–water partition coefficient (Wildman–Crippen LogP) is 0.551. The summed E-state index contributed by atoms with van der Waals surface area (Å²) in [6.07, 6.45) is 4.59. The number of hydrogen-bond acceptors (Lipinski definition) is 4. The summed E-state index contributed by atoms with van der Waals surface area (Å²) in [5, 5.41) is 0. The number of amides is 1. The Bertz CT molecular complexity index is 383. The lowest BCUT2D eigenvalue weighted by molar-refractivity contribution is -0.128. The van der Waals surface area contributed by atoms with Gasteiger partial charge in [0.2, 0.25) is 0 Å². The van der Waals surface area contributed by atoms with Crippen molar-refractivity contribution in [3.05, 3.63) is 24.5 Å². The highest BCUT2D eigenvalue weighted by Gasteiger charge is 2.32. The summed E-state index contributed by atoms with van der Waals surface area (Å²) in [6.45, 7) is 0.473. The molecular weight excluding hydrogens is 218 g/mol. The molecule has 2 atom stereocenters. The lowest BCUT2D eigenvalue weighted by atomic mass is 10.2. The van der Waals surface area contributed by atoms with Gasteiger partial charge in [0.15, 0.2) is 0 Å². The zero-order valence-corrected chi connectivity index (χ0v) is 9.87. The number of carbonyl (C=O) groups excluding carboxylic acids is 1. The maximum Gasteiger partial charge on any atom is 0.255 e. The van der Waals surface area contributed by atoms with Crippen LogP contribution in [0.3, 0.4) is 0 Å². The molecule has 17 heavy (non-hydrogen) atoms. The van der Waals surface area contributed by atoms with Crippen LogP contribution in [0.5, 0.6) is 0 Å². The number of anilines is 1. The van der Waals surface area contributed by atoms with Crippen LogP contribution in [0.4, 0.5) is 5.69 Å². The Labute approximate surface area is 101 Å². The fraction of sp³-hybridized carbons (Fsp3) is 0.500. The average molecular weight is 235 g/mol. The summed E-state index contributed by atoms with van der Waals surface area (Å²) in [5.74, 6) is -0.0334. The maximum absolute atomic E-state index is 12.1. The zero-order chi connectivity index (χ0) is 12.3. The monoisotopic (exact) mass is 235 g/mol. The third-order valence-corrected chi connectivity index (χ3v) is 3.01. The molecule has 2 rings (SSSR count). The molecule has 0 aromatic carbocycles. The van der Waals surface area contributed by atoms with Gasteiger partial charge in [0.25, 0.3) is 5.91 Å².